The Bertz CT molecular complexity index is 689. The van der Waals surface area contributed by atoms with Crippen molar-refractivity contribution in [3.05, 3.63) is 64.9 Å². The summed E-state index contributed by atoms with van der Waals surface area (Å²) in [5.41, 5.74) is 0.927. The number of benzene rings is 2. The average molecular weight is 303 g/mol. The molecule has 0 saturated carbocycles. The van der Waals surface area contributed by atoms with Gasteiger partial charge in [0.15, 0.2) is 0 Å². The lowest BCUT2D eigenvalue weighted by molar-refractivity contribution is 0.253. The summed E-state index contributed by atoms with van der Waals surface area (Å²) in [6.07, 6.45) is 0. The van der Waals surface area contributed by atoms with Gasteiger partial charge in [-0.1, -0.05) is 35.6 Å². The largest absolute Gasteiger partial charge is 0.327 e. The maximum absolute atomic E-state index is 13.3. The first-order valence-corrected chi connectivity index (χ1v) is 6.57. The van der Waals surface area contributed by atoms with Gasteiger partial charge < -0.3 is 10.6 Å². The van der Waals surface area contributed by atoms with Crippen LogP contribution >= 0.6 is 11.6 Å². The minimum Gasteiger partial charge on any atom is -0.327 e. The fraction of sp³-hybridized carbons (Fsp3) is 0.0625. The molecule has 0 saturated heterocycles. The van der Waals surface area contributed by atoms with Crippen molar-refractivity contribution >= 4 is 23.3 Å². The SMILES string of the molecule is O=C(NCC#Cc1ccccc1F)Nc1ccc(Cl)cc1. The fourth-order valence-corrected chi connectivity index (χ4v) is 1.66. The minimum atomic E-state index is -0.389. The molecule has 2 N–H and O–H groups in total. The predicted molar refractivity (Wildman–Crippen MR) is 81.8 cm³/mol. The van der Waals surface area contributed by atoms with Crippen LogP contribution in [0.15, 0.2) is 48.5 Å². The van der Waals surface area contributed by atoms with E-state index >= 15 is 0 Å². The molecule has 0 aliphatic carbocycles. The van der Waals surface area contributed by atoms with Gasteiger partial charge in [0, 0.05) is 10.7 Å². The summed E-state index contributed by atoms with van der Waals surface area (Å²) in [6, 6.07) is 12.6. The molecule has 0 unspecified atom stereocenters. The molecule has 3 nitrogen and oxygen atoms in total. The summed E-state index contributed by atoms with van der Waals surface area (Å²) in [4.78, 5) is 11.6. The average Bonchev–Trinajstić information content (AvgIpc) is 2.48. The highest BCUT2D eigenvalue weighted by Gasteiger charge is 1.99. The van der Waals surface area contributed by atoms with E-state index in [1.807, 2.05) is 0 Å². The molecule has 0 aliphatic rings. The Morgan fingerprint density at radius 1 is 1.14 bits per heavy atom. The van der Waals surface area contributed by atoms with Gasteiger partial charge in [-0.3, -0.25) is 0 Å². The molecule has 0 bridgehead atoms. The van der Waals surface area contributed by atoms with Crippen molar-refractivity contribution in [2.24, 2.45) is 0 Å². The second-order valence-corrected chi connectivity index (χ2v) is 4.53. The maximum Gasteiger partial charge on any atom is 0.319 e. The van der Waals surface area contributed by atoms with Crippen LogP contribution in [0, 0.1) is 17.7 Å². The first-order chi connectivity index (χ1) is 10.1. The van der Waals surface area contributed by atoms with Gasteiger partial charge in [-0.25, -0.2) is 9.18 Å². The predicted octanol–water partition coefficient (Wildman–Crippen LogP) is 3.65. The van der Waals surface area contributed by atoms with E-state index in [0.29, 0.717) is 16.3 Å². The molecule has 0 fully saturated rings. The Morgan fingerprint density at radius 2 is 1.86 bits per heavy atom. The second-order valence-electron chi connectivity index (χ2n) is 4.10. The third kappa shape index (κ3) is 4.83. The highest BCUT2D eigenvalue weighted by molar-refractivity contribution is 6.30. The number of carbonyl (C=O) groups is 1. The van der Waals surface area contributed by atoms with Crippen molar-refractivity contribution in [2.45, 2.75) is 0 Å². The van der Waals surface area contributed by atoms with Crippen LogP contribution in [0.2, 0.25) is 5.02 Å². The van der Waals surface area contributed by atoms with Crippen LogP contribution in [-0.4, -0.2) is 12.6 Å². The van der Waals surface area contributed by atoms with Crippen molar-refractivity contribution in [3.63, 3.8) is 0 Å². The molecule has 21 heavy (non-hydrogen) atoms. The molecular formula is C16H12ClFN2O. The van der Waals surface area contributed by atoms with Gasteiger partial charge in [0.05, 0.1) is 12.1 Å². The number of urea groups is 1. The van der Waals surface area contributed by atoms with Gasteiger partial charge in [-0.2, -0.15) is 0 Å². The number of nitrogens with one attached hydrogen (secondary N) is 2. The van der Waals surface area contributed by atoms with Crippen molar-refractivity contribution in [1.29, 1.82) is 0 Å². The third-order valence-electron chi connectivity index (χ3n) is 2.54. The Morgan fingerprint density at radius 3 is 2.57 bits per heavy atom. The van der Waals surface area contributed by atoms with Gasteiger partial charge in [-0.15, -0.1) is 0 Å². The lowest BCUT2D eigenvalue weighted by atomic mass is 10.2. The molecule has 0 radical (unpaired) electrons. The number of rotatable bonds is 2. The van der Waals surface area contributed by atoms with Crippen LogP contribution in [-0.2, 0) is 0 Å². The van der Waals surface area contributed by atoms with Crippen LogP contribution < -0.4 is 10.6 Å². The summed E-state index contributed by atoms with van der Waals surface area (Å²) in [7, 11) is 0. The first-order valence-electron chi connectivity index (χ1n) is 6.19. The topological polar surface area (TPSA) is 41.1 Å². The minimum absolute atomic E-state index is 0.119. The van der Waals surface area contributed by atoms with Gasteiger partial charge in [0.25, 0.3) is 0 Å². The molecule has 2 aromatic carbocycles. The van der Waals surface area contributed by atoms with Crippen molar-refractivity contribution in [3.8, 4) is 11.8 Å². The summed E-state index contributed by atoms with van der Waals surface area (Å²) in [5, 5.41) is 5.78. The van der Waals surface area contributed by atoms with E-state index in [1.165, 1.54) is 6.07 Å². The quantitative estimate of drug-likeness (QED) is 0.817. The second kappa shape index (κ2) is 7.32. The van der Waals surface area contributed by atoms with E-state index in [9.17, 15) is 9.18 Å². The molecule has 2 amide bonds. The number of hydrogen-bond acceptors (Lipinski definition) is 1. The molecule has 0 aliphatic heterocycles. The third-order valence-corrected chi connectivity index (χ3v) is 2.79. The van der Waals surface area contributed by atoms with E-state index in [1.54, 1.807) is 42.5 Å². The van der Waals surface area contributed by atoms with Crippen LogP contribution in [0.1, 0.15) is 5.56 Å². The van der Waals surface area contributed by atoms with Gasteiger partial charge in [0.2, 0.25) is 0 Å². The fourth-order valence-electron chi connectivity index (χ4n) is 1.53. The summed E-state index contributed by atoms with van der Waals surface area (Å²) >= 11 is 5.74. The summed E-state index contributed by atoms with van der Waals surface area (Å²) in [6.45, 7) is 0.119. The lowest BCUT2D eigenvalue weighted by Gasteiger charge is -2.04. The van der Waals surface area contributed by atoms with Crippen LogP contribution in [0.4, 0.5) is 14.9 Å². The first kappa shape index (κ1) is 14.9. The standard InChI is InChI=1S/C16H12ClFN2O/c17-13-7-9-14(10-8-13)20-16(21)19-11-3-5-12-4-1-2-6-15(12)18/h1-2,4,6-10H,11H2,(H2,19,20,21). The highest BCUT2D eigenvalue weighted by Crippen LogP contribution is 2.12. The van der Waals surface area contributed by atoms with E-state index in [-0.39, 0.29) is 18.4 Å². The van der Waals surface area contributed by atoms with Crippen LogP contribution in [0.3, 0.4) is 0 Å². The summed E-state index contributed by atoms with van der Waals surface area (Å²) < 4.78 is 13.3. The van der Waals surface area contributed by atoms with E-state index < -0.39 is 0 Å². The molecule has 0 heterocycles. The summed E-state index contributed by atoms with van der Waals surface area (Å²) in [5.74, 6) is 4.96. The molecule has 5 heteroatoms. The molecule has 2 rings (SSSR count). The van der Waals surface area contributed by atoms with Crippen molar-refractivity contribution in [2.75, 3.05) is 11.9 Å². The normalized spacial score (nSPS) is 9.43. The van der Waals surface area contributed by atoms with Gasteiger partial charge >= 0.3 is 6.03 Å². The number of carbonyl (C=O) groups excluding carboxylic acids is 1. The van der Waals surface area contributed by atoms with Crippen molar-refractivity contribution < 1.29 is 9.18 Å². The molecular weight excluding hydrogens is 291 g/mol. The zero-order valence-electron chi connectivity index (χ0n) is 11.0. The Balaban J connectivity index is 1.83. The zero-order valence-corrected chi connectivity index (χ0v) is 11.7. The maximum atomic E-state index is 13.3. The number of anilines is 1. The lowest BCUT2D eigenvalue weighted by Crippen LogP contribution is -2.28. The Labute approximate surface area is 127 Å². The molecule has 0 aromatic heterocycles. The number of halogens is 2. The number of amides is 2. The van der Waals surface area contributed by atoms with Gasteiger partial charge in [-0.05, 0) is 36.4 Å². The highest BCUT2D eigenvalue weighted by atomic mass is 35.5. The Hall–Kier alpha value is -2.51. The van der Waals surface area contributed by atoms with E-state index in [2.05, 4.69) is 22.5 Å². The van der Waals surface area contributed by atoms with Crippen LogP contribution in [0.25, 0.3) is 0 Å². The molecule has 106 valence electrons. The molecule has 2 aromatic rings. The van der Waals surface area contributed by atoms with Crippen LogP contribution in [0.5, 0.6) is 0 Å². The van der Waals surface area contributed by atoms with Gasteiger partial charge in [0.1, 0.15) is 5.82 Å². The van der Waals surface area contributed by atoms with E-state index in [0.717, 1.165) is 0 Å². The number of hydrogen-bond donors (Lipinski definition) is 2. The smallest absolute Gasteiger partial charge is 0.319 e. The zero-order chi connectivity index (χ0) is 15.1. The van der Waals surface area contributed by atoms with E-state index in [4.69, 9.17) is 11.6 Å². The molecule has 0 atom stereocenters. The Kier molecular flexibility index (Phi) is 5.19. The van der Waals surface area contributed by atoms with Crippen molar-refractivity contribution in [1.82, 2.24) is 5.32 Å². The molecule has 0 spiro atoms. The monoisotopic (exact) mass is 302 g/mol.